The van der Waals surface area contributed by atoms with Crippen LogP contribution in [0.2, 0.25) is 0 Å². The summed E-state index contributed by atoms with van der Waals surface area (Å²) in [6.45, 7) is 1.22. The van der Waals surface area contributed by atoms with E-state index in [1.54, 1.807) is 25.3 Å². The first-order chi connectivity index (χ1) is 13.7. The van der Waals surface area contributed by atoms with Crippen LogP contribution in [0.15, 0.2) is 78.9 Å². The van der Waals surface area contributed by atoms with Gasteiger partial charge in [-0.05, 0) is 35.9 Å². The summed E-state index contributed by atoms with van der Waals surface area (Å²) >= 11 is 0. The minimum atomic E-state index is -0.167. The summed E-state index contributed by atoms with van der Waals surface area (Å²) in [6, 6.07) is 24.4. The molecule has 0 aliphatic heterocycles. The topological polar surface area (TPSA) is 56.8 Å². The van der Waals surface area contributed by atoms with E-state index in [1.807, 2.05) is 60.7 Å². The fourth-order valence-corrected chi connectivity index (χ4v) is 2.59. The van der Waals surface area contributed by atoms with E-state index in [0.29, 0.717) is 36.8 Å². The van der Waals surface area contributed by atoms with Crippen LogP contribution < -0.4 is 19.5 Å². The van der Waals surface area contributed by atoms with Gasteiger partial charge in [0.2, 0.25) is 0 Å². The first-order valence-corrected chi connectivity index (χ1v) is 9.06. The molecule has 3 aromatic carbocycles. The van der Waals surface area contributed by atoms with Crippen molar-refractivity contribution in [1.29, 1.82) is 0 Å². The Hall–Kier alpha value is -3.47. The van der Waals surface area contributed by atoms with Crippen molar-refractivity contribution < 1.29 is 19.0 Å². The van der Waals surface area contributed by atoms with E-state index in [-0.39, 0.29) is 5.91 Å². The smallest absolute Gasteiger partial charge is 0.251 e. The number of nitrogens with one attached hydrogen (secondary N) is 1. The zero-order chi connectivity index (χ0) is 19.6. The lowest BCUT2D eigenvalue weighted by atomic mass is 10.2. The molecular formula is C23H23NO4. The molecule has 144 valence electrons. The summed E-state index contributed by atoms with van der Waals surface area (Å²) in [5.74, 6) is 1.92. The van der Waals surface area contributed by atoms with Gasteiger partial charge in [0.1, 0.15) is 30.5 Å². The summed E-state index contributed by atoms with van der Waals surface area (Å²) in [5, 5.41) is 2.85. The van der Waals surface area contributed by atoms with Crippen molar-refractivity contribution in [2.75, 3.05) is 20.3 Å². The summed E-state index contributed by atoms with van der Waals surface area (Å²) in [5.41, 5.74) is 1.62. The highest BCUT2D eigenvalue weighted by atomic mass is 16.5. The fraction of sp³-hybridized carbons (Fsp3) is 0.174. The van der Waals surface area contributed by atoms with E-state index < -0.39 is 0 Å². The number of carbonyl (C=O) groups excluding carboxylic acids is 1. The van der Waals surface area contributed by atoms with Gasteiger partial charge in [-0.1, -0.05) is 42.5 Å². The van der Waals surface area contributed by atoms with Gasteiger partial charge in [-0.3, -0.25) is 4.79 Å². The lowest BCUT2D eigenvalue weighted by molar-refractivity contribution is 0.0946. The van der Waals surface area contributed by atoms with Crippen LogP contribution in [0.3, 0.4) is 0 Å². The molecule has 0 aliphatic rings. The predicted molar refractivity (Wildman–Crippen MR) is 108 cm³/mol. The third-order valence-corrected chi connectivity index (χ3v) is 4.04. The van der Waals surface area contributed by atoms with Gasteiger partial charge in [0.15, 0.2) is 0 Å². The van der Waals surface area contributed by atoms with Crippen molar-refractivity contribution in [2.24, 2.45) is 0 Å². The first-order valence-electron chi connectivity index (χ1n) is 9.06. The molecule has 28 heavy (non-hydrogen) atoms. The minimum absolute atomic E-state index is 0.167. The molecule has 0 atom stereocenters. The minimum Gasteiger partial charge on any atom is -0.497 e. The van der Waals surface area contributed by atoms with Crippen LogP contribution in [-0.4, -0.2) is 26.2 Å². The van der Waals surface area contributed by atoms with Crippen LogP contribution in [0.1, 0.15) is 15.9 Å². The van der Waals surface area contributed by atoms with Gasteiger partial charge >= 0.3 is 0 Å². The summed E-state index contributed by atoms with van der Waals surface area (Å²) in [6.07, 6.45) is 0. The highest BCUT2D eigenvalue weighted by Gasteiger charge is 2.07. The second-order valence-electron chi connectivity index (χ2n) is 6.09. The quantitative estimate of drug-likeness (QED) is 0.571. The number of rotatable bonds is 9. The van der Waals surface area contributed by atoms with Crippen LogP contribution >= 0.6 is 0 Å². The highest BCUT2D eigenvalue weighted by Crippen LogP contribution is 2.18. The maximum Gasteiger partial charge on any atom is 0.251 e. The number of ether oxygens (including phenoxy) is 3. The summed E-state index contributed by atoms with van der Waals surface area (Å²) in [7, 11) is 1.61. The molecule has 0 unspecified atom stereocenters. The lowest BCUT2D eigenvalue weighted by Crippen LogP contribution is -2.28. The Morgan fingerprint density at radius 3 is 2.32 bits per heavy atom. The Morgan fingerprint density at radius 1 is 0.821 bits per heavy atom. The number of benzene rings is 3. The predicted octanol–water partition coefficient (Wildman–Crippen LogP) is 4.08. The monoisotopic (exact) mass is 377 g/mol. The van der Waals surface area contributed by atoms with Crippen molar-refractivity contribution in [3.05, 3.63) is 90.0 Å². The Labute approximate surface area is 164 Å². The van der Waals surface area contributed by atoms with Gasteiger partial charge in [0, 0.05) is 11.6 Å². The van der Waals surface area contributed by atoms with Gasteiger partial charge in [-0.2, -0.15) is 0 Å². The molecule has 0 aliphatic carbocycles. The van der Waals surface area contributed by atoms with Gasteiger partial charge < -0.3 is 19.5 Å². The first kappa shape index (κ1) is 19.3. The molecule has 5 nitrogen and oxygen atoms in total. The zero-order valence-corrected chi connectivity index (χ0v) is 15.8. The molecule has 0 saturated carbocycles. The molecule has 1 amide bonds. The van der Waals surface area contributed by atoms with E-state index in [0.717, 1.165) is 11.3 Å². The second kappa shape index (κ2) is 10.0. The molecule has 0 aromatic heterocycles. The zero-order valence-electron chi connectivity index (χ0n) is 15.8. The third kappa shape index (κ3) is 5.77. The standard InChI is InChI=1S/C23H23NO4/c1-26-20-10-6-12-22(16-20)27-14-13-24-23(25)19-9-5-11-21(15-19)28-17-18-7-3-2-4-8-18/h2-12,15-16H,13-14,17H2,1H3,(H,24,25). The van der Waals surface area contributed by atoms with Crippen LogP contribution in [0.5, 0.6) is 17.2 Å². The summed E-state index contributed by atoms with van der Waals surface area (Å²) < 4.78 is 16.6. The van der Waals surface area contributed by atoms with Gasteiger partial charge in [0.25, 0.3) is 5.91 Å². The Kier molecular flexibility index (Phi) is 6.90. The van der Waals surface area contributed by atoms with Crippen LogP contribution in [0.25, 0.3) is 0 Å². The van der Waals surface area contributed by atoms with E-state index in [4.69, 9.17) is 14.2 Å². The van der Waals surface area contributed by atoms with Gasteiger partial charge in [0.05, 0.1) is 13.7 Å². The number of amides is 1. The number of hydrogen-bond donors (Lipinski definition) is 1. The van der Waals surface area contributed by atoms with Gasteiger partial charge in [-0.15, -0.1) is 0 Å². The van der Waals surface area contributed by atoms with Crippen LogP contribution in [0.4, 0.5) is 0 Å². The molecular weight excluding hydrogens is 354 g/mol. The third-order valence-electron chi connectivity index (χ3n) is 4.04. The van der Waals surface area contributed by atoms with Crippen molar-refractivity contribution >= 4 is 5.91 Å². The van der Waals surface area contributed by atoms with Crippen LogP contribution in [0, 0.1) is 0 Å². The number of methoxy groups -OCH3 is 1. The van der Waals surface area contributed by atoms with E-state index in [9.17, 15) is 4.79 Å². The molecule has 0 fully saturated rings. The van der Waals surface area contributed by atoms with Crippen molar-refractivity contribution in [1.82, 2.24) is 5.32 Å². The normalized spacial score (nSPS) is 10.2. The second-order valence-corrected chi connectivity index (χ2v) is 6.09. The molecule has 1 N–H and O–H groups in total. The van der Waals surface area contributed by atoms with Gasteiger partial charge in [-0.25, -0.2) is 0 Å². The van der Waals surface area contributed by atoms with Crippen molar-refractivity contribution in [3.63, 3.8) is 0 Å². The van der Waals surface area contributed by atoms with Crippen LogP contribution in [-0.2, 0) is 6.61 Å². The van der Waals surface area contributed by atoms with E-state index >= 15 is 0 Å². The average Bonchev–Trinajstić information content (AvgIpc) is 2.76. The largest absolute Gasteiger partial charge is 0.497 e. The highest BCUT2D eigenvalue weighted by molar-refractivity contribution is 5.94. The molecule has 5 heteroatoms. The molecule has 0 saturated heterocycles. The Bertz CT molecular complexity index is 896. The molecule has 0 spiro atoms. The molecule has 0 bridgehead atoms. The Balaban J connectivity index is 1.46. The Morgan fingerprint density at radius 2 is 1.54 bits per heavy atom. The lowest BCUT2D eigenvalue weighted by Gasteiger charge is -2.10. The molecule has 0 radical (unpaired) electrons. The number of hydrogen-bond acceptors (Lipinski definition) is 4. The molecule has 3 aromatic rings. The summed E-state index contributed by atoms with van der Waals surface area (Å²) in [4.78, 5) is 12.3. The fourth-order valence-electron chi connectivity index (χ4n) is 2.59. The molecule has 3 rings (SSSR count). The number of carbonyl (C=O) groups is 1. The molecule has 0 heterocycles. The maximum atomic E-state index is 12.3. The van der Waals surface area contributed by atoms with Crippen molar-refractivity contribution in [3.8, 4) is 17.2 Å². The van der Waals surface area contributed by atoms with E-state index in [2.05, 4.69) is 5.32 Å². The SMILES string of the molecule is COc1cccc(OCCNC(=O)c2cccc(OCc3ccccc3)c2)c1. The maximum absolute atomic E-state index is 12.3. The van der Waals surface area contributed by atoms with Crippen molar-refractivity contribution in [2.45, 2.75) is 6.61 Å². The average molecular weight is 377 g/mol. The van der Waals surface area contributed by atoms with E-state index in [1.165, 1.54) is 0 Å².